The molecule has 0 aromatic heterocycles. The van der Waals surface area contributed by atoms with Crippen LogP contribution < -0.4 is 5.32 Å². The van der Waals surface area contributed by atoms with Crippen molar-refractivity contribution in [3.8, 4) is 0 Å². The molecule has 0 spiro atoms. The summed E-state index contributed by atoms with van der Waals surface area (Å²) in [5.74, 6) is 0.157. The van der Waals surface area contributed by atoms with Crippen LogP contribution in [0.4, 0.5) is 0 Å². The normalized spacial score (nSPS) is 16.3. The van der Waals surface area contributed by atoms with E-state index in [4.69, 9.17) is 0 Å². The number of likely N-dealkylation sites (tertiary alicyclic amines) is 1. The number of amides is 2. The molecule has 23 heavy (non-hydrogen) atoms. The Morgan fingerprint density at radius 2 is 1.83 bits per heavy atom. The van der Waals surface area contributed by atoms with Crippen LogP contribution in [0.3, 0.4) is 0 Å². The molecule has 126 valence electrons. The highest BCUT2D eigenvalue weighted by molar-refractivity contribution is 9.10. The predicted molar refractivity (Wildman–Crippen MR) is 95.3 cm³/mol. The van der Waals surface area contributed by atoms with E-state index in [0.717, 1.165) is 17.3 Å². The molecule has 1 heterocycles. The Balaban J connectivity index is 1.85. The molecule has 0 bridgehead atoms. The van der Waals surface area contributed by atoms with Crippen LogP contribution in [0.5, 0.6) is 0 Å². The number of nitrogens with one attached hydrogen (secondary N) is 1. The first-order valence-corrected chi connectivity index (χ1v) is 8.89. The number of carbonyl (C=O) groups excluding carboxylic acids is 2. The molecule has 5 heteroatoms. The van der Waals surface area contributed by atoms with Gasteiger partial charge in [-0.05, 0) is 46.3 Å². The maximum atomic E-state index is 12.5. The van der Waals surface area contributed by atoms with Crippen LogP contribution in [0.1, 0.15) is 50.4 Å². The molecule has 0 unspecified atom stereocenters. The Kier molecular flexibility index (Phi) is 5.84. The maximum absolute atomic E-state index is 12.5. The maximum Gasteiger partial charge on any atom is 0.254 e. The van der Waals surface area contributed by atoms with Gasteiger partial charge in [-0.25, -0.2) is 0 Å². The predicted octanol–water partition coefficient (Wildman–Crippen LogP) is 3.61. The van der Waals surface area contributed by atoms with E-state index >= 15 is 0 Å². The molecule has 1 aromatic carbocycles. The van der Waals surface area contributed by atoms with Crippen LogP contribution in [0, 0.1) is 5.41 Å². The molecule has 1 aliphatic rings. The largest absolute Gasteiger partial charge is 0.353 e. The molecule has 2 amide bonds. The van der Waals surface area contributed by atoms with Gasteiger partial charge >= 0.3 is 0 Å². The fourth-order valence-electron chi connectivity index (χ4n) is 2.79. The summed E-state index contributed by atoms with van der Waals surface area (Å²) in [5.41, 5.74) is 0.697. The highest BCUT2D eigenvalue weighted by Crippen LogP contribution is 2.21. The van der Waals surface area contributed by atoms with Crippen molar-refractivity contribution in [1.82, 2.24) is 10.2 Å². The summed E-state index contributed by atoms with van der Waals surface area (Å²) >= 11 is 3.43. The van der Waals surface area contributed by atoms with Crippen LogP contribution in [0.2, 0.25) is 0 Å². The lowest BCUT2D eigenvalue weighted by molar-refractivity contribution is -0.123. The fourth-order valence-corrected chi connectivity index (χ4v) is 3.25. The molecule has 4 nitrogen and oxygen atoms in total. The van der Waals surface area contributed by atoms with Crippen molar-refractivity contribution in [3.63, 3.8) is 0 Å². The second-order valence-corrected chi connectivity index (χ2v) is 8.21. The number of benzene rings is 1. The van der Waals surface area contributed by atoms with Crippen LogP contribution in [0.25, 0.3) is 0 Å². The zero-order valence-corrected chi connectivity index (χ0v) is 15.6. The van der Waals surface area contributed by atoms with E-state index in [1.165, 1.54) is 0 Å². The van der Waals surface area contributed by atoms with Crippen LogP contribution in [0.15, 0.2) is 28.7 Å². The minimum Gasteiger partial charge on any atom is -0.353 e. The summed E-state index contributed by atoms with van der Waals surface area (Å²) in [6.45, 7) is 7.55. The highest BCUT2D eigenvalue weighted by Gasteiger charge is 2.26. The van der Waals surface area contributed by atoms with E-state index < -0.39 is 0 Å². The van der Waals surface area contributed by atoms with Crippen molar-refractivity contribution in [1.29, 1.82) is 0 Å². The second kappa shape index (κ2) is 7.47. The third-order valence-corrected chi connectivity index (χ3v) is 4.63. The molecule has 1 fully saturated rings. The Bertz CT molecular complexity index is 573. The van der Waals surface area contributed by atoms with E-state index in [9.17, 15) is 9.59 Å². The van der Waals surface area contributed by atoms with Gasteiger partial charge in [-0.3, -0.25) is 9.59 Å². The zero-order valence-electron chi connectivity index (χ0n) is 14.1. The number of piperidine rings is 1. The van der Waals surface area contributed by atoms with E-state index in [2.05, 4.69) is 42.0 Å². The lowest BCUT2D eigenvalue weighted by atomic mass is 9.91. The Labute approximate surface area is 146 Å². The quantitative estimate of drug-likeness (QED) is 0.870. The number of rotatable bonds is 3. The number of carbonyl (C=O) groups is 2. The van der Waals surface area contributed by atoms with E-state index in [-0.39, 0.29) is 23.3 Å². The fraction of sp³-hybridized carbons (Fsp3) is 0.556. The smallest absolute Gasteiger partial charge is 0.254 e. The average Bonchev–Trinajstić information content (AvgIpc) is 2.46. The van der Waals surface area contributed by atoms with Gasteiger partial charge in [0, 0.05) is 30.0 Å². The van der Waals surface area contributed by atoms with Gasteiger partial charge < -0.3 is 10.2 Å². The first-order chi connectivity index (χ1) is 10.8. The lowest BCUT2D eigenvalue weighted by Gasteiger charge is -2.33. The number of hydrogen-bond donors (Lipinski definition) is 1. The van der Waals surface area contributed by atoms with E-state index in [1.54, 1.807) is 0 Å². The van der Waals surface area contributed by atoms with Crippen LogP contribution in [-0.2, 0) is 4.79 Å². The van der Waals surface area contributed by atoms with Gasteiger partial charge in [0.1, 0.15) is 0 Å². The third-order valence-electron chi connectivity index (χ3n) is 3.94. The summed E-state index contributed by atoms with van der Waals surface area (Å²) in [5, 5.41) is 3.10. The minimum absolute atomic E-state index is 0.000335. The summed E-state index contributed by atoms with van der Waals surface area (Å²) in [7, 11) is 0. The van der Waals surface area contributed by atoms with Gasteiger partial charge in [0.05, 0.1) is 5.56 Å². The molecule has 1 aliphatic heterocycles. The molecule has 1 aromatic rings. The van der Waals surface area contributed by atoms with Crippen molar-refractivity contribution >= 4 is 27.7 Å². The van der Waals surface area contributed by atoms with E-state index in [1.807, 2.05) is 29.2 Å². The van der Waals surface area contributed by atoms with Gasteiger partial charge in [0.25, 0.3) is 5.91 Å². The second-order valence-electron chi connectivity index (χ2n) is 7.35. The van der Waals surface area contributed by atoms with Crippen molar-refractivity contribution in [2.75, 3.05) is 13.1 Å². The summed E-state index contributed by atoms with van der Waals surface area (Å²) in [6, 6.07) is 7.67. The van der Waals surface area contributed by atoms with Crippen molar-refractivity contribution in [3.05, 3.63) is 34.3 Å². The number of halogens is 1. The average molecular weight is 381 g/mol. The molecule has 0 atom stereocenters. The molecule has 1 N–H and O–H groups in total. The molecular weight excluding hydrogens is 356 g/mol. The van der Waals surface area contributed by atoms with Crippen LogP contribution >= 0.6 is 15.9 Å². The SMILES string of the molecule is CC(C)(C)CC(=O)NC1CCN(C(=O)c2ccccc2Br)CC1. The molecule has 2 rings (SSSR count). The van der Waals surface area contributed by atoms with Gasteiger partial charge in [-0.1, -0.05) is 32.9 Å². The Morgan fingerprint density at radius 1 is 1.22 bits per heavy atom. The number of hydrogen-bond acceptors (Lipinski definition) is 2. The Hall–Kier alpha value is -1.36. The summed E-state index contributed by atoms with van der Waals surface area (Å²) < 4.78 is 0.825. The van der Waals surface area contributed by atoms with Gasteiger partial charge in [0.15, 0.2) is 0 Å². The van der Waals surface area contributed by atoms with Gasteiger partial charge in [0.2, 0.25) is 5.91 Å². The number of nitrogens with zero attached hydrogens (tertiary/aromatic N) is 1. The van der Waals surface area contributed by atoms with Gasteiger partial charge in [-0.2, -0.15) is 0 Å². The summed E-state index contributed by atoms with van der Waals surface area (Å²) in [4.78, 5) is 26.4. The molecule has 0 saturated carbocycles. The van der Waals surface area contributed by atoms with Crippen molar-refractivity contribution in [2.45, 2.75) is 46.1 Å². The molecular formula is C18H25BrN2O2. The third kappa shape index (κ3) is 5.34. The molecule has 0 radical (unpaired) electrons. The van der Waals surface area contributed by atoms with Crippen molar-refractivity contribution < 1.29 is 9.59 Å². The standard InChI is InChI=1S/C18H25BrN2O2/c1-18(2,3)12-16(22)20-13-8-10-21(11-9-13)17(23)14-6-4-5-7-15(14)19/h4-7,13H,8-12H2,1-3H3,(H,20,22). The van der Waals surface area contributed by atoms with Crippen molar-refractivity contribution in [2.24, 2.45) is 5.41 Å². The lowest BCUT2D eigenvalue weighted by Crippen LogP contribution is -2.47. The summed E-state index contributed by atoms with van der Waals surface area (Å²) in [6.07, 6.45) is 2.15. The topological polar surface area (TPSA) is 49.4 Å². The van der Waals surface area contributed by atoms with Gasteiger partial charge in [-0.15, -0.1) is 0 Å². The van der Waals surface area contributed by atoms with E-state index in [0.29, 0.717) is 25.1 Å². The zero-order chi connectivity index (χ0) is 17.0. The highest BCUT2D eigenvalue weighted by atomic mass is 79.9. The minimum atomic E-state index is 0.000335. The molecule has 1 saturated heterocycles. The first kappa shape index (κ1) is 18.0. The first-order valence-electron chi connectivity index (χ1n) is 8.09. The monoisotopic (exact) mass is 380 g/mol. The molecule has 0 aliphatic carbocycles. The Morgan fingerprint density at radius 3 is 2.39 bits per heavy atom. The van der Waals surface area contributed by atoms with Crippen LogP contribution in [-0.4, -0.2) is 35.8 Å².